The predicted octanol–water partition coefficient (Wildman–Crippen LogP) is 5.12. The van der Waals surface area contributed by atoms with E-state index in [-0.39, 0.29) is 5.82 Å². The number of H-pyrrole nitrogens is 1. The lowest BCUT2D eigenvalue weighted by Gasteiger charge is -2.33. The van der Waals surface area contributed by atoms with E-state index in [1.165, 1.54) is 11.6 Å². The molecule has 0 saturated carbocycles. The molecule has 146 valence electrons. The van der Waals surface area contributed by atoms with Gasteiger partial charge < -0.3 is 4.90 Å². The summed E-state index contributed by atoms with van der Waals surface area (Å²) in [6.07, 6.45) is 5.74. The van der Waals surface area contributed by atoms with E-state index in [1.54, 1.807) is 6.07 Å². The maximum absolute atomic E-state index is 14.6. The van der Waals surface area contributed by atoms with Crippen LogP contribution in [0.2, 0.25) is 0 Å². The number of aromatic amines is 1. The molecule has 0 bridgehead atoms. The zero-order valence-electron chi connectivity index (χ0n) is 16.7. The molecule has 0 spiro atoms. The van der Waals surface area contributed by atoms with E-state index in [0.717, 1.165) is 48.6 Å². The van der Waals surface area contributed by atoms with Crippen LogP contribution in [-0.2, 0) is 6.54 Å². The molecule has 2 aromatic heterocycles. The van der Waals surface area contributed by atoms with Gasteiger partial charge in [0.05, 0.1) is 23.7 Å². The van der Waals surface area contributed by atoms with Crippen molar-refractivity contribution in [3.8, 4) is 11.3 Å². The van der Waals surface area contributed by atoms with Gasteiger partial charge in [-0.15, -0.1) is 0 Å². The molecule has 0 saturated heterocycles. The Bertz CT molecular complexity index is 996. The molecule has 4 rings (SSSR count). The highest BCUT2D eigenvalue weighted by molar-refractivity contribution is 5.86. The quantitative estimate of drug-likeness (QED) is 0.670. The van der Waals surface area contributed by atoms with Crippen LogP contribution in [0.5, 0.6) is 0 Å². The van der Waals surface area contributed by atoms with E-state index in [9.17, 15) is 4.39 Å². The molecule has 3 heterocycles. The summed E-state index contributed by atoms with van der Waals surface area (Å²) in [5.41, 5.74) is 5.27. The van der Waals surface area contributed by atoms with Crippen molar-refractivity contribution in [2.45, 2.75) is 46.1 Å². The number of rotatable bonds is 5. The van der Waals surface area contributed by atoms with Crippen molar-refractivity contribution < 1.29 is 4.39 Å². The molecule has 0 radical (unpaired) electrons. The van der Waals surface area contributed by atoms with Crippen LogP contribution in [0.15, 0.2) is 37.2 Å². The Morgan fingerprint density at radius 1 is 1.32 bits per heavy atom. The van der Waals surface area contributed by atoms with Crippen molar-refractivity contribution in [2.75, 3.05) is 11.4 Å². The number of fused-ring (bicyclic) bond motifs is 1. The Morgan fingerprint density at radius 2 is 2.14 bits per heavy atom. The first kappa shape index (κ1) is 18.5. The van der Waals surface area contributed by atoms with Crippen LogP contribution < -0.4 is 4.90 Å². The average molecular weight is 379 g/mol. The summed E-state index contributed by atoms with van der Waals surface area (Å²) in [6.45, 7) is 12.2. The molecule has 1 aliphatic heterocycles. The van der Waals surface area contributed by atoms with Crippen molar-refractivity contribution in [2.24, 2.45) is 0 Å². The SMILES string of the molecule is C=C(c1c(C)cccc1F)N1CCCn2ncc(-c3[nH]ncc3C(C)CC)c21. The number of benzene rings is 1. The smallest absolute Gasteiger partial charge is 0.140 e. The lowest BCUT2D eigenvalue weighted by Crippen LogP contribution is -2.31. The highest BCUT2D eigenvalue weighted by Gasteiger charge is 2.28. The Kier molecular flexibility index (Phi) is 4.79. The van der Waals surface area contributed by atoms with Gasteiger partial charge in [0.1, 0.15) is 11.6 Å². The topological polar surface area (TPSA) is 49.7 Å². The second-order valence-corrected chi connectivity index (χ2v) is 7.50. The minimum atomic E-state index is -0.245. The van der Waals surface area contributed by atoms with E-state index in [0.29, 0.717) is 17.2 Å². The molecular formula is C22H26FN5. The van der Waals surface area contributed by atoms with E-state index in [2.05, 4.69) is 40.6 Å². The van der Waals surface area contributed by atoms with E-state index < -0.39 is 0 Å². The van der Waals surface area contributed by atoms with Crippen LogP contribution in [0.1, 0.15) is 49.3 Å². The number of nitrogens with zero attached hydrogens (tertiary/aromatic N) is 4. The standard InChI is InChI=1S/C22H26FN5/c1-5-14(2)17-12-24-26-21(17)18-13-25-28-11-7-10-27(22(18)28)16(4)20-15(3)8-6-9-19(20)23/h6,8-9,12-14H,4-5,7,10-11H2,1-3H3,(H,24,26). The third-order valence-corrected chi connectivity index (χ3v) is 5.74. The van der Waals surface area contributed by atoms with Crippen LogP contribution in [0.4, 0.5) is 10.2 Å². The van der Waals surface area contributed by atoms with Crippen molar-refractivity contribution >= 4 is 11.5 Å². The molecule has 1 atom stereocenters. The van der Waals surface area contributed by atoms with Crippen molar-refractivity contribution in [3.63, 3.8) is 0 Å². The maximum atomic E-state index is 14.6. The maximum Gasteiger partial charge on any atom is 0.140 e. The monoisotopic (exact) mass is 379 g/mol. The molecule has 6 heteroatoms. The summed E-state index contributed by atoms with van der Waals surface area (Å²) < 4.78 is 16.6. The van der Waals surface area contributed by atoms with Gasteiger partial charge in [-0.2, -0.15) is 10.2 Å². The van der Waals surface area contributed by atoms with Crippen LogP contribution in [0.25, 0.3) is 17.0 Å². The van der Waals surface area contributed by atoms with Gasteiger partial charge in [0.2, 0.25) is 0 Å². The zero-order chi connectivity index (χ0) is 19.8. The van der Waals surface area contributed by atoms with Gasteiger partial charge >= 0.3 is 0 Å². The van der Waals surface area contributed by atoms with Crippen LogP contribution in [0.3, 0.4) is 0 Å². The molecule has 0 fully saturated rings. The molecule has 28 heavy (non-hydrogen) atoms. The Balaban J connectivity index is 1.82. The van der Waals surface area contributed by atoms with Gasteiger partial charge in [0, 0.05) is 29.9 Å². The second kappa shape index (κ2) is 7.26. The van der Waals surface area contributed by atoms with Crippen LogP contribution in [-0.4, -0.2) is 26.5 Å². The summed E-state index contributed by atoms with van der Waals surface area (Å²) >= 11 is 0. The van der Waals surface area contributed by atoms with Gasteiger partial charge in [-0.3, -0.25) is 5.10 Å². The number of anilines is 1. The molecule has 1 aliphatic rings. The first-order valence-electron chi connectivity index (χ1n) is 9.84. The molecule has 5 nitrogen and oxygen atoms in total. The van der Waals surface area contributed by atoms with Crippen LogP contribution in [0, 0.1) is 12.7 Å². The first-order valence-corrected chi connectivity index (χ1v) is 9.84. The number of aryl methyl sites for hydroxylation is 2. The molecule has 0 amide bonds. The number of hydrogen-bond donors (Lipinski definition) is 1. The second-order valence-electron chi connectivity index (χ2n) is 7.50. The van der Waals surface area contributed by atoms with E-state index >= 15 is 0 Å². The zero-order valence-corrected chi connectivity index (χ0v) is 16.7. The highest BCUT2D eigenvalue weighted by atomic mass is 19.1. The van der Waals surface area contributed by atoms with Crippen molar-refractivity contribution in [1.29, 1.82) is 0 Å². The third-order valence-electron chi connectivity index (χ3n) is 5.74. The van der Waals surface area contributed by atoms with Gasteiger partial charge in [-0.05, 0) is 37.3 Å². The van der Waals surface area contributed by atoms with Gasteiger partial charge in [-0.1, -0.05) is 32.6 Å². The predicted molar refractivity (Wildman–Crippen MR) is 111 cm³/mol. The van der Waals surface area contributed by atoms with Gasteiger partial charge in [0.15, 0.2) is 0 Å². The fourth-order valence-corrected chi connectivity index (χ4v) is 3.99. The lowest BCUT2D eigenvalue weighted by atomic mass is 9.96. The minimum Gasteiger partial charge on any atom is -0.326 e. The number of aromatic nitrogens is 4. The fraction of sp³-hybridized carbons (Fsp3) is 0.364. The van der Waals surface area contributed by atoms with E-state index in [1.807, 2.05) is 30.1 Å². The van der Waals surface area contributed by atoms with Crippen molar-refractivity contribution in [1.82, 2.24) is 20.0 Å². The number of nitrogens with one attached hydrogen (secondary N) is 1. The lowest BCUT2D eigenvalue weighted by molar-refractivity contribution is 0.542. The first-order chi connectivity index (χ1) is 13.5. The average Bonchev–Trinajstić information content (AvgIpc) is 3.33. The minimum absolute atomic E-state index is 0.245. The Morgan fingerprint density at radius 3 is 2.89 bits per heavy atom. The normalized spacial score (nSPS) is 14.8. The van der Waals surface area contributed by atoms with Gasteiger partial charge in [-0.25, -0.2) is 9.07 Å². The number of hydrogen-bond acceptors (Lipinski definition) is 3. The summed E-state index contributed by atoms with van der Waals surface area (Å²) in [4.78, 5) is 2.10. The number of halogens is 1. The molecule has 1 N–H and O–H groups in total. The van der Waals surface area contributed by atoms with Crippen LogP contribution >= 0.6 is 0 Å². The molecule has 3 aromatic rings. The molecule has 1 unspecified atom stereocenters. The third kappa shape index (κ3) is 2.93. The molecule has 1 aromatic carbocycles. The molecular weight excluding hydrogens is 353 g/mol. The summed E-state index contributed by atoms with van der Waals surface area (Å²) in [5, 5.41) is 12.1. The summed E-state index contributed by atoms with van der Waals surface area (Å²) in [5.74, 6) is 1.09. The Labute approximate surface area is 164 Å². The van der Waals surface area contributed by atoms with E-state index in [4.69, 9.17) is 0 Å². The molecule has 0 aliphatic carbocycles. The fourth-order valence-electron chi connectivity index (χ4n) is 3.99. The largest absolute Gasteiger partial charge is 0.326 e. The van der Waals surface area contributed by atoms with Gasteiger partial charge in [0.25, 0.3) is 0 Å². The van der Waals surface area contributed by atoms with Crippen molar-refractivity contribution in [3.05, 3.63) is 59.7 Å². The highest BCUT2D eigenvalue weighted by Crippen LogP contribution is 2.40. The Hall–Kier alpha value is -2.89. The summed E-state index contributed by atoms with van der Waals surface area (Å²) in [6, 6.07) is 5.14. The summed E-state index contributed by atoms with van der Waals surface area (Å²) in [7, 11) is 0.